The molecule has 1 aromatic carbocycles. The Labute approximate surface area is 141 Å². The number of rotatable bonds is 3. The zero-order chi connectivity index (χ0) is 17.1. The van der Waals surface area contributed by atoms with E-state index in [9.17, 15) is 14.4 Å². The number of carbonyl (C=O) groups excluding carboxylic acids is 3. The van der Waals surface area contributed by atoms with Crippen LogP contribution in [0.25, 0.3) is 5.69 Å². The lowest BCUT2D eigenvalue weighted by Crippen LogP contribution is -2.29. The van der Waals surface area contributed by atoms with Crippen LogP contribution < -0.4 is 10.2 Å². The molecule has 1 N–H and O–H groups in total. The van der Waals surface area contributed by atoms with Crippen molar-refractivity contribution in [2.75, 3.05) is 0 Å². The minimum absolute atomic E-state index is 0.217. The first-order valence-electron chi connectivity index (χ1n) is 7.11. The van der Waals surface area contributed by atoms with Crippen molar-refractivity contribution in [1.29, 1.82) is 0 Å². The van der Waals surface area contributed by atoms with Crippen LogP contribution in [0.2, 0.25) is 0 Å². The first-order valence-corrected chi connectivity index (χ1v) is 7.99. The van der Waals surface area contributed by atoms with E-state index in [2.05, 4.69) is 10.5 Å². The quantitative estimate of drug-likeness (QED) is 0.522. The van der Waals surface area contributed by atoms with E-state index in [0.717, 1.165) is 29.6 Å². The number of benzene rings is 1. The van der Waals surface area contributed by atoms with E-state index >= 15 is 0 Å². The number of hydrogen-bond acceptors (Lipinski definition) is 5. The number of aromatic nitrogens is 1. The van der Waals surface area contributed by atoms with E-state index in [1.807, 2.05) is 47.2 Å². The summed E-state index contributed by atoms with van der Waals surface area (Å²) < 4.78 is 1.88. The van der Waals surface area contributed by atoms with Gasteiger partial charge in [0.2, 0.25) is 4.80 Å². The van der Waals surface area contributed by atoms with Gasteiger partial charge < -0.3 is 0 Å². The number of ketones is 2. The molecule has 24 heavy (non-hydrogen) atoms. The molecule has 2 aromatic rings. The van der Waals surface area contributed by atoms with Crippen molar-refractivity contribution in [2.45, 2.75) is 6.92 Å². The zero-order valence-electron chi connectivity index (χ0n) is 12.7. The summed E-state index contributed by atoms with van der Waals surface area (Å²) in [5.74, 6) is -1.62. The van der Waals surface area contributed by atoms with Gasteiger partial charge in [-0.05, 0) is 31.2 Å². The molecule has 0 bridgehead atoms. The number of amides is 1. The Balaban J connectivity index is 1.90. The lowest BCUT2D eigenvalue weighted by Gasteiger charge is -2.06. The van der Waals surface area contributed by atoms with Crippen LogP contribution >= 0.6 is 11.3 Å². The van der Waals surface area contributed by atoms with Crippen molar-refractivity contribution in [3.05, 3.63) is 70.0 Å². The monoisotopic (exact) mass is 339 g/mol. The Morgan fingerprint density at radius 3 is 2.67 bits per heavy atom. The molecule has 0 aliphatic heterocycles. The minimum Gasteiger partial charge on any atom is -0.290 e. The van der Waals surface area contributed by atoms with E-state index in [1.165, 1.54) is 11.3 Å². The fraction of sp³-hybridized carbons (Fsp3) is 0.0588. The molecule has 0 unspecified atom stereocenters. The summed E-state index contributed by atoms with van der Waals surface area (Å²) in [6.45, 7) is 1.93. The molecule has 1 aliphatic rings. The summed E-state index contributed by atoms with van der Waals surface area (Å²) in [5, 5.41) is 6.00. The Hall–Kier alpha value is -3.06. The topological polar surface area (TPSA) is 80.5 Å². The highest BCUT2D eigenvalue weighted by atomic mass is 32.1. The minimum atomic E-state index is -0.705. The van der Waals surface area contributed by atoms with Gasteiger partial charge in [0.15, 0.2) is 11.6 Å². The summed E-state index contributed by atoms with van der Waals surface area (Å²) in [6, 6.07) is 9.58. The van der Waals surface area contributed by atoms with E-state index in [-0.39, 0.29) is 5.57 Å². The second-order valence-corrected chi connectivity index (χ2v) is 5.88. The van der Waals surface area contributed by atoms with Crippen LogP contribution in [0.4, 0.5) is 0 Å². The highest BCUT2D eigenvalue weighted by Crippen LogP contribution is 2.10. The molecule has 0 spiro atoms. The molecule has 6 nitrogen and oxygen atoms in total. The molecule has 0 saturated carbocycles. The van der Waals surface area contributed by atoms with Crippen molar-refractivity contribution in [2.24, 2.45) is 5.10 Å². The number of carbonyl (C=O) groups is 3. The van der Waals surface area contributed by atoms with Gasteiger partial charge in [-0.1, -0.05) is 18.2 Å². The van der Waals surface area contributed by atoms with Crippen LogP contribution in [0.1, 0.15) is 5.69 Å². The first-order chi connectivity index (χ1) is 11.6. The predicted molar refractivity (Wildman–Crippen MR) is 89.3 cm³/mol. The van der Waals surface area contributed by atoms with E-state index in [1.54, 1.807) is 0 Å². The molecule has 0 fully saturated rings. The third kappa shape index (κ3) is 3.16. The van der Waals surface area contributed by atoms with Crippen molar-refractivity contribution in [3.63, 3.8) is 0 Å². The van der Waals surface area contributed by atoms with Gasteiger partial charge in [-0.3, -0.25) is 19.0 Å². The molecule has 1 heterocycles. The third-order valence-electron chi connectivity index (χ3n) is 3.34. The third-order valence-corrected chi connectivity index (χ3v) is 4.29. The highest BCUT2D eigenvalue weighted by Gasteiger charge is 2.20. The standard InChI is InChI=1S/C17H13N3O3S/c1-11-10-24-17(20(11)12-5-3-2-4-6-12)19-18-16(23)14-9-13(21)7-8-15(14)22/h2-10H,1H3,(H,18,23)/b19-17+. The van der Waals surface area contributed by atoms with Gasteiger partial charge in [0.25, 0.3) is 5.91 Å². The van der Waals surface area contributed by atoms with Gasteiger partial charge in [-0.25, -0.2) is 5.43 Å². The van der Waals surface area contributed by atoms with Crippen molar-refractivity contribution >= 4 is 28.8 Å². The number of nitrogens with one attached hydrogen (secondary N) is 1. The van der Waals surface area contributed by atoms with Gasteiger partial charge in [-0.2, -0.15) is 0 Å². The molecule has 0 atom stereocenters. The van der Waals surface area contributed by atoms with Crippen molar-refractivity contribution in [1.82, 2.24) is 9.99 Å². The summed E-state index contributed by atoms with van der Waals surface area (Å²) in [5.41, 5.74) is 4.00. The van der Waals surface area contributed by atoms with Crippen molar-refractivity contribution in [3.8, 4) is 5.69 Å². The number of hydrogen-bond donors (Lipinski definition) is 1. The largest absolute Gasteiger partial charge is 0.290 e. The van der Waals surface area contributed by atoms with Crippen LogP contribution in [0.3, 0.4) is 0 Å². The zero-order valence-corrected chi connectivity index (χ0v) is 13.5. The molecule has 120 valence electrons. The average molecular weight is 339 g/mol. The molecule has 3 rings (SSSR count). The van der Waals surface area contributed by atoms with E-state index in [4.69, 9.17) is 0 Å². The summed E-state index contributed by atoms with van der Waals surface area (Å²) in [7, 11) is 0. The molecule has 1 amide bonds. The summed E-state index contributed by atoms with van der Waals surface area (Å²) in [4.78, 5) is 35.6. The highest BCUT2D eigenvalue weighted by molar-refractivity contribution is 7.07. The number of nitrogens with zero attached hydrogens (tertiary/aromatic N) is 2. The second kappa shape index (κ2) is 6.59. The van der Waals surface area contributed by atoms with Gasteiger partial charge in [0, 0.05) is 22.8 Å². The SMILES string of the molecule is Cc1cs/c(=N/NC(=O)C2=CC(=O)C=CC2=O)n1-c1ccccc1. The summed E-state index contributed by atoms with van der Waals surface area (Å²) >= 11 is 1.36. The van der Waals surface area contributed by atoms with Gasteiger partial charge in [-0.15, -0.1) is 16.4 Å². The predicted octanol–water partition coefficient (Wildman–Crippen LogP) is 1.41. The van der Waals surface area contributed by atoms with Crippen LogP contribution in [0.5, 0.6) is 0 Å². The van der Waals surface area contributed by atoms with Gasteiger partial charge in [0.1, 0.15) is 0 Å². The van der Waals surface area contributed by atoms with Crippen LogP contribution in [0, 0.1) is 6.92 Å². The number of para-hydroxylation sites is 1. The molecular formula is C17H13N3O3S. The Morgan fingerprint density at radius 2 is 1.92 bits per heavy atom. The lowest BCUT2D eigenvalue weighted by molar-refractivity contribution is -0.122. The molecule has 1 aliphatic carbocycles. The maximum Gasteiger partial charge on any atom is 0.275 e. The normalized spacial score (nSPS) is 14.7. The molecule has 1 aromatic heterocycles. The molecule has 7 heteroatoms. The van der Waals surface area contributed by atoms with Crippen LogP contribution in [-0.4, -0.2) is 22.0 Å². The maximum atomic E-state index is 12.1. The first kappa shape index (κ1) is 15.8. The molecule has 0 saturated heterocycles. The number of aryl methyl sites for hydroxylation is 1. The fourth-order valence-corrected chi connectivity index (χ4v) is 3.04. The Kier molecular flexibility index (Phi) is 4.35. The van der Waals surface area contributed by atoms with E-state index in [0.29, 0.717) is 4.80 Å². The van der Waals surface area contributed by atoms with E-state index < -0.39 is 17.5 Å². The van der Waals surface area contributed by atoms with Gasteiger partial charge >= 0.3 is 0 Å². The Morgan fingerprint density at radius 1 is 1.17 bits per heavy atom. The lowest BCUT2D eigenvalue weighted by atomic mass is 10.0. The maximum absolute atomic E-state index is 12.1. The molecular weight excluding hydrogens is 326 g/mol. The fourth-order valence-electron chi connectivity index (χ4n) is 2.21. The number of thiazole rings is 1. The van der Waals surface area contributed by atoms with Crippen LogP contribution in [-0.2, 0) is 14.4 Å². The smallest absolute Gasteiger partial charge is 0.275 e. The molecule has 0 radical (unpaired) electrons. The van der Waals surface area contributed by atoms with Crippen molar-refractivity contribution < 1.29 is 14.4 Å². The van der Waals surface area contributed by atoms with Crippen LogP contribution in [0.15, 0.2) is 64.6 Å². The average Bonchev–Trinajstić information content (AvgIpc) is 2.96. The Bertz CT molecular complexity index is 949. The number of allylic oxidation sites excluding steroid dienone is 3. The second-order valence-electron chi connectivity index (χ2n) is 5.04. The summed E-state index contributed by atoms with van der Waals surface area (Å²) in [6.07, 6.45) is 3.22. The van der Waals surface area contributed by atoms with Gasteiger partial charge in [0.05, 0.1) is 5.57 Å².